The minimum absolute atomic E-state index is 0.634. The molecule has 0 bridgehead atoms. The van der Waals surface area contributed by atoms with E-state index in [1.54, 1.807) is 6.08 Å². The van der Waals surface area contributed by atoms with Crippen molar-refractivity contribution in [2.75, 3.05) is 0 Å². The minimum Gasteiger partial charge on any atom is -0.337 e. The maximum Gasteiger partial charge on any atom is 0.174 e. The Morgan fingerprint density at radius 2 is 2.38 bits per heavy atom. The number of rotatable bonds is 3. The second-order valence-electron chi connectivity index (χ2n) is 2.51. The van der Waals surface area contributed by atoms with Crippen molar-refractivity contribution in [3.8, 4) is 0 Å². The predicted octanol–water partition coefficient (Wildman–Crippen LogP) is 3.22. The monoisotopic (exact) mass is 192 g/mol. The summed E-state index contributed by atoms with van der Waals surface area (Å²) in [5.41, 5.74) is 2.04. The van der Waals surface area contributed by atoms with Crippen molar-refractivity contribution in [2.24, 2.45) is 0 Å². The van der Waals surface area contributed by atoms with Crippen LogP contribution in [0, 0.1) is 4.77 Å². The van der Waals surface area contributed by atoms with Crippen molar-refractivity contribution in [3.05, 3.63) is 47.5 Å². The molecule has 1 heterocycles. The van der Waals surface area contributed by atoms with Crippen LogP contribution >= 0.6 is 12.2 Å². The van der Waals surface area contributed by atoms with Gasteiger partial charge in [-0.2, -0.15) is 0 Å². The molecule has 0 aliphatic rings. The van der Waals surface area contributed by atoms with Gasteiger partial charge in [0.25, 0.3) is 0 Å². The Morgan fingerprint density at radius 3 is 2.85 bits per heavy atom. The molecule has 0 amide bonds. The fraction of sp³-hybridized carbons (Fsp3) is 0.100. The third kappa shape index (κ3) is 2.56. The average molecular weight is 192 g/mol. The highest BCUT2D eigenvalue weighted by Crippen LogP contribution is 2.12. The normalized spacial score (nSPS) is 12.2. The number of nitrogens with one attached hydrogen (secondary N) is 2. The molecule has 0 aliphatic carbocycles. The molecule has 0 unspecified atom stereocenters. The third-order valence-corrected chi connectivity index (χ3v) is 1.77. The predicted molar refractivity (Wildman–Crippen MR) is 59.0 cm³/mol. The van der Waals surface area contributed by atoms with Crippen molar-refractivity contribution in [1.29, 1.82) is 0 Å². The lowest BCUT2D eigenvalue weighted by molar-refractivity contribution is 1.26. The van der Waals surface area contributed by atoms with Crippen LogP contribution in [-0.2, 0) is 0 Å². The summed E-state index contributed by atoms with van der Waals surface area (Å²) in [6, 6.07) is 0. The fourth-order valence-electron chi connectivity index (χ4n) is 1.03. The number of H-pyrrole nitrogens is 2. The molecule has 2 nitrogen and oxygen atoms in total. The zero-order valence-corrected chi connectivity index (χ0v) is 8.32. The van der Waals surface area contributed by atoms with E-state index in [-0.39, 0.29) is 0 Å². The van der Waals surface area contributed by atoms with Crippen molar-refractivity contribution in [2.45, 2.75) is 6.92 Å². The number of allylic oxidation sites excluding steroid dienone is 5. The molecule has 68 valence electrons. The van der Waals surface area contributed by atoms with Crippen LogP contribution in [0.5, 0.6) is 0 Å². The first-order valence-electron chi connectivity index (χ1n) is 4.01. The van der Waals surface area contributed by atoms with Gasteiger partial charge in [0.1, 0.15) is 0 Å². The highest BCUT2D eigenvalue weighted by atomic mass is 32.1. The van der Waals surface area contributed by atoms with Gasteiger partial charge < -0.3 is 9.97 Å². The summed E-state index contributed by atoms with van der Waals surface area (Å²) in [7, 11) is 0. The SMILES string of the molecule is C=C/C=C(\C=C/C)c1c[nH]c(=S)[nH]1. The van der Waals surface area contributed by atoms with Gasteiger partial charge in [-0.3, -0.25) is 0 Å². The third-order valence-electron chi connectivity index (χ3n) is 1.55. The quantitative estimate of drug-likeness (QED) is 0.559. The largest absolute Gasteiger partial charge is 0.337 e. The molecule has 0 spiro atoms. The van der Waals surface area contributed by atoms with Crippen LogP contribution in [0.2, 0.25) is 0 Å². The van der Waals surface area contributed by atoms with E-state index >= 15 is 0 Å². The molecule has 3 heteroatoms. The van der Waals surface area contributed by atoms with E-state index in [9.17, 15) is 0 Å². The lowest BCUT2D eigenvalue weighted by Crippen LogP contribution is -1.79. The Kier molecular flexibility index (Phi) is 3.46. The molecule has 13 heavy (non-hydrogen) atoms. The molecule has 0 saturated heterocycles. The highest BCUT2D eigenvalue weighted by Gasteiger charge is 1.96. The van der Waals surface area contributed by atoms with Gasteiger partial charge in [0, 0.05) is 6.20 Å². The average Bonchev–Trinajstić information content (AvgIpc) is 2.51. The molecule has 0 fully saturated rings. The molecule has 1 aromatic rings. The molecule has 0 aromatic carbocycles. The van der Waals surface area contributed by atoms with Gasteiger partial charge >= 0.3 is 0 Å². The van der Waals surface area contributed by atoms with E-state index in [1.807, 2.05) is 31.3 Å². The molecule has 1 aromatic heterocycles. The van der Waals surface area contributed by atoms with E-state index in [0.29, 0.717) is 4.77 Å². The van der Waals surface area contributed by atoms with Crippen molar-refractivity contribution >= 4 is 17.8 Å². The summed E-state index contributed by atoms with van der Waals surface area (Å²) in [6.45, 7) is 5.63. The van der Waals surface area contributed by atoms with Crippen LogP contribution < -0.4 is 0 Å². The Bertz CT molecular complexity index is 393. The topological polar surface area (TPSA) is 31.6 Å². The smallest absolute Gasteiger partial charge is 0.174 e. The summed E-state index contributed by atoms with van der Waals surface area (Å²) >= 11 is 4.93. The van der Waals surface area contributed by atoms with E-state index in [0.717, 1.165) is 11.3 Å². The molecule has 0 aliphatic heterocycles. The molecular formula is C10H12N2S. The Labute approximate surface area is 82.7 Å². The Hall–Kier alpha value is -1.35. The van der Waals surface area contributed by atoms with Crippen LogP contribution in [0.15, 0.2) is 37.1 Å². The van der Waals surface area contributed by atoms with Crippen molar-refractivity contribution in [3.63, 3.8) is 0 Å². The van der Waals surface area contributed by atoms with Gasteiger partial charge in [0.15, 0.2) is 4.77 Å². The first-order chi connectivity index (χ1) is 6.27. The van der Waals surface area contributed by atoms with Gasteiger partial charge in [-0.05, 0) is 24.7 Å². The Morgan fingerprint density at radius 1 is 1.62 bits per heavy atom. The molecule has 0 saturated carbocycles. The van der Waals surface area contributed by atoms with Crippen molar-refractivity contribution in [1.82, 2.24) is 9.97 Å². The summed E-state index contributed by atoms with van der Waals surface area (Å²) in [4.78, 5) is 5.95. The van der Waals surface area contributed by atoms with Gasteiger partial charge in [0.2, 0.25) is 0 Å². The van der Waals surface area contributed by atoms with Gasteiger partial charge in [0.05, 0.1) is 5.69 Å². The number of hydrogen-bond donors (Lipinski definition) is 2. The van der Waals surface area contributed by atoms with Gasteiger partial charge in [-0.15, -0.1) is 0 Å². The van der Waals surface area contributed by atoms with Crippen LogP contribution in [0.1, 0.15) is 12.6 Å². The maximum absolute atomic E-state index is 4.93. The summed E-state index contributed by atoms with van der Waals surface area (Å²) in [5, 5.41) is 0. The first kappa shape index (κ1) is 9.74. The van der Waals surface area contributed by atoms with E-state index in [2.05, 4.69) is 16.5 Å². The molecule has 0 atom stereocenters. The number of aromatic amines is 2. The second-order valence-corrected chi connectivity index (χ2v) is 2.92. The summed E-state index contributed by atoms with van der Waals surface area (Å²) < 4.78 is 0.634. The van der Waals surface area contributed by atoms with Crippen LogP contribution in [0.25, 0.3) is 5.57 Å². The van der Waals surface area contributed by atoms with Gasteiger partial charge in [-0.1, -0.05) is 30.9 Å². The molecular weight excluding hydrogens is 180 g/mol. The zero-order chi connectivity index (χ0) is 9.68. The zero-order valence-electron chi connectivity index (χ0n) is 7.50. The fourth-order valence-corrected chi connectivity index (χ4v) is 1.20. The highest BCUT2D eigenvalue weighted by molar-refractivity contribution is 7.71. The standard InChI is InChI=1S/C10H12N2S/c1-3-5-8(6-4-2)9-7-11-10(13)12-9/h3-7H,1H2,2H3,(H2,11,12,13)/b6-4-,8-5+. The number of aromatic nitrogens is 2. The molecule has 1 rings (SSSR count). The Balaban J connectivity index is 3.08. The molecule has 0 radical (unpaired) electrons. The van der Waals surface area contributed by atoms with Crippen molar-refractivity contribution < 1.29 is 0 Å². The van der Waals surface area contributed by atoms with E-state index in [1.165, 1.54) is 0 Å². The second kappa shape index (κ2) is 4.62. The lowest BCUT2D eigenvalue weighted by atomic mass is 10.2. The molecule has 2 N–H and O–H groups in total. The lowest BCUT2D eigenvalue weighted by Gasteiger charge is -1.94. The number of hydrogen-bond acceptors (Lipinski definition) is 1. The van der Waals surface area contributed by atoms with Crippen LogP contribution in [0.4, 0.5) is 0 Å². The number of imidazole rings is 1. The van der Waals surface area contributed by atoms with Crippen LogP contribution in [-0.4, -0.2) is 9.97 Å². The van der Waals surface area contributed by atoms with E-state index < -0.39 is 0 Å². The maximum atomic E-state index is 4.93. The van der Waals surface area contributed by atoms with Crippen LogP contribution in [0.3, 0.4) is 0 Å². The first-order valence-corrected chi connectivity index (χ1v) is 4.42. The van der Waals surface area contributed by atoms with Gasteiger partial charge in [-0.25, -0.2) is 0 Å². The minimum atomic E-state index is 0.634. The summed E-state index contributed by atoms with van der Waals surface area (Å²) in [5.74, 6) is 0. The van der Waals surface area contributed by atoms with E-state index in [4.69, 9.17) is 12.2 Å². The summed E-state index contributed by atoms with van der Waals surface area (Å²) in [6.07, 6.45) is 9.49.